The van der Waals surface area contributed by atoms with Gasteiger partial charge in [0.2, 0.25) is 5.78 Å². The van der Waals surface area contributed by atoms with Gasteiger partial charge < -0.3 is 14.0 Å². The van der Waals surface area contributed by atoms with Crippen LogP contribution >= 0.6 is 0 Å². The molecule has 3 aromatic rings. The molecule has 0 amide bonds. The standard InChI is InChI=1S/C23H20F3NO6S/c1-14-12-20(15(2)27(14)17-6-8-18(9-7-17)33-23(24,25)26)21(28)13-32-22(29)16-4-10-19(11-5-16)34(3,30)31/h4-12H,13H2,1-3H3. The number of rotatable bonds is 7. The third-order valence-electron chi connectivity index (χ3n) is 4.91. The fourth-order valence-electron chi connectivity index (χ4n) is 3.37. The van der Waals surface area contributed by atoms with Gasteiger partial charge in [-0.1, -0.05) is 0 Å². The molecule has 0 saturated carbocycles. The van der Waals surface area contributed by atoms with Crippen molar-refractivity contribution in [3.63, 3.8) is 0 Å². The van der Waals surface area contributed by atoms with Gasteiger partial charge in [-0.2, -0.15) is 0 Å². The van der Waals surface area contributed by atoms with Gasteiger partial charge >= 0.3 is 12.3 Å². The van der Waals surface area contributed by atoms with E-state index >= 15 is 0 Å². The molecule has 0 N–H and O–H groups in total. The second kappa shape index (κ2) is 9.34. The number of Topliss-reactive ketones (excluding diaryl/α,β-unsaturated/α-hetero) is 1. The average Bonchev–Trinajstić information content (AvgIpc) is 3.05. The molecule has 1 heterocycles. The first kappa shape index (κ1) is 25.0. The number of hydrogen-bond acceptors (Lipinski definition) is 6. The Morgan fingerprint density at radius 2 is 1.56 bits per heavy atom. The highest BCUT2D eigenvalue weighted by molar-refractivity contribution is 7.90. The molecule has 2 aromatic carbocycles. The van der Waals surface area contributed by atoms with Gasteiger partial charge in [-0.05, 0) is 68.4 Å². The van der Waals surface area contributed by atoms with Crippen molar-refractivity contribution in [2.75, 3.05) is 12.9 Å². The number of benzene rings is 2. The molecule has 0 aliphatic rings. The van der Waals surface area contributed by atoms with Crippen LogP contribution in [-0.2, 0) is 14.6 Å². The van der Waals surface area contributed by atoms with E-state index in [9.17, 15) is 31.2 Å². The molecule has 0 atom stereocenters. The van der Waals surface area contributed by atoms with E-state index < -0.39 is 34.6 Å². The highest BCUT2D eigenvalue weighted by Gasteiger charge is 2.31. The van der Waals surface area contributed by atoms with Crippen LogP contribution < -0.4 is 4.74 Å². The second-order valence-electron chi connectivity index (χ2n) is 7.46. The molecule has 0 saturated heterocycles. The van der Waals surface area contributed by atoms with E-state index in [-0.39, 0.29) is 21.8 Å². The number of sulfone groups is 1. The zero-order chi connectivity index (χ0) is 25.3. The summed E-state index contributed by atoms with van der Waals surface area (Å²) in [5.74, 6) is -1.63. The maximum atomic E-state index is 12.7. The Morgan fingerprint density at radius 3 is 2.09 bits per heavy atom. The number of nitrogens with zero attached hydrogens (tertiary/aromatic N) is 1. The minimum Gasteiger partial charge on any atom is -0.454 e. The van der Waals surface area contributed by atoms with Crippen molar-refractivity contribution in [2.45, 2.75) is 25.1 Å². The highest BCUT2D eigenvalue weighted by Crippen LogP contribution is 2.26. The highest BCUT2D eigenvalue weighted by atomic mass is 32.2. The third-order valence-corrected chi connectivity index (χ3v) is 6.04. The summed E-state index contributed by atoms with van der Waals surface area (Å²) < 4.78 is 70.7. The fourth-order valence-corrected chi connectivity index (χ4v) is 4.00. The summed E-state index contributed by atoms with van der Waals surface area (Å²) in [4.78, 5) is 25.0. The van der Waals surface area contributed by atoms with Gasteiger partial charge in [0.15, 0.2) is 16.4 Å². The molecule has 11 heteroatoms. The van der Waals surface area contributed by atoms with Gasteiger partial charge in [0.1, 0.15) is 5.75 Å². The van der Waals surface area contributed by atoms with Crippen LogP contribution in [0.15, 0.2) is 59.5 Å². The summed E-state index contributed by atoms with van der Waals surface area (Å²) in [5.41, 5.74) is 2.06. The molecular weight excluding hydrogens is 475 g/mol. The molecule has 0 radical (unpaired) electrons. The Labute approximate surface area is 193 Å². The van der Waals surface area contributed by atoms with E-state index in [1.54, 1.807) is 24.5 Å². The predicted octanol–water partition coefficient (Wildman–Crippen LogP) is 4.44. The maximum Gasteiger partial charge on any atom is 0.573 e. The molecule has 0 spiro atoms. The number of alkyl halides is 3. The van der Waals surface area contributed by atoms with Crippen molar-refractivity contribution >= 4 is 21.6 Å². The van der Waals surface area contributed by atoms with E-state index in [0.717, 1.165) is 6.26 Å². The SMILES string of the molecule is Cc1cc(C(=O)COC(=O)c2ccc(S(C)(=O)=O)cc2)c(C)n1-c1ccc(OC(F)(F)F)cc1. The Bertz CT molecular complexity index is 1320. The normalized spacial score (nSPS) is 11.8. The molecule has 7 nitrogen and oxygen atoms in total. The van der Waals surface area contributed by atoms with E-state index in [0.29, 0.717) is 17.1 Å². The number of ether oxygens (including phenoxy) is 2. The smallest absolute Gasteiger partial charge is 0.454 e. The lowest BCUT2D eigenvalue weighted by atomic mass is 10.1. The van der Waals surface area contributed by atoms with Crippen LogP contribution in [0.3, 0.4) is 0 Å². The first-order valence-corrected chi connectivity index (χ1v) is 11.7. The Hall–Kier alpha value is -3.60. The average molecular weight is 495 g/mol. The van der Waals surface area contributed by atoms with Crippen molar-refractivity contribution < 1.29 is 40.7 Å². The molecule has 180 valence electrons. The van der Waals surface area contributed by atoms with E-state index in [4.69, 9.17) is 4.74 Å². The Balaban J connectivity index is 1.72. The summed E-state index contributed by atoms with van der Waals surface area (Å²) in [5, 5.41) is 0. The number of carbonyl (C=O) groups is 2. The Morgan fingerprint density at radius 1 is 0.971 bits per heavy atom. The number of aromatic nitrogens is 1. The minimum atomic E-state index is -4.80. The number of hydrogen-bond donors (Lipinski definition) is 0. The lowest BCUT2D eigenvalue weighted by Crippen LogP contribution is -2.17. The van der Waals surface area contributed by atoms with Crippen LogP contribution in [0.25, 0.3) is 5.69 Å². The van der Waals surface area contributed by atoms with Gasteiger partial charge in [-0.3, -0.25) is 4.79 Å². The first-order valence-electron chi connectivity index (χ1n) is 9.82. The molecular formula is C23H20F3NO6S. The molecule has 0 aliphatic heterocycles. The summed E-state index contributed by atoms with van der Waals surface area (Å²) in [6, 6.07) is 11.9. The van der Waals surface area contributed by atoms with Crippen LogP contribution in [0.2, 0.25) is 0 Å². The lowest BCUT2D eigenvalue weighted by molar-refractivity contribution is -0.274. The molecule has 34 heavy (non-hydrogen) atoms. The molecule has 0 aliphatic carbocycles. The van der Waals surface area contributed by atoms with Gasteiger partial charge in [0, 0.05) is 28.9 Å². The quantitative estimate of drug-likeness (QED) is 0.356. The zero-order valence-electron chi connectivity index (χ0n) is 18.3. The monoisotopic (exact) mass is 495 g/mol. The molecule has 3 rings (SSSR count). The number of esters is 1. The number of aryl methyl sites for hydroxylation is 1. The number of halogens is 3. The van der Waals surface area contributed by atoms with E-state index in [2.05, 4.69) is 4.74 Å². The second-order valence-corrected chi connectivity index (χ2v) is 9.47. The third kappa shape index (κ3) is 5.84. The minimum absolute atomic E-state index is 0.0468. The van der Waals surface area contributed by atoms with Gasteiger partial charge in [0.05, 0.1) is 10.5 Å². The van der Waals surface area contributed by atoms with Crippen LogP contribution in [0.1, 0.15) is 32.1 Å². The molecule has 1 aromatic heterocycles. The van der Waals surface area contributed by atoms with Crippen molar-refractivity contribution in [3.8, 4) is 11.4 Å². The summed E-state index contributed by atoms with van der Waals surface area (Å²) >= 11 is 0. The summed E-state index contributed by atoms with van der Waals surface area (Å²) in [7, 11) is -3.41. The fraction of sp³-hybridized carbons (Fsp3) is 0.217. The topological polar surface area (TPSA) is 91.7 Å². The summed E-state index contributed by atoms with van der Waals surface area (Å²) in [6.07, 6.45) is -3.76. The van der Waals surface area contributed by atoms with Crippen LogP contribution in [-0.4, -0.2) is 44.0 Å². The van der Waals surface area contributed by atoms with Crippen molar-refractivity contribution in [1.29, 1.82) is 0 Å². The Kier molecular flexibility index (Phi) is 6.87. The number of ketones is 1. The van der Waals surface area contributed by atoms with Crippen LogP contribution in [0, 0.1) is 13.8 Å². The van der Waals surface area contributed by atoms with Crippen molar-refractivity contribution in [2.24, 2.45) is 0 Å². The van der Waals surface area contributed by atoms with Gasteiger partial charge in [0.25, 0.3) is 0 Å². The molecule has 0 bridgehead atoms. The maximum absolute atomic E-state index is 12.7. The first-order chi connectivity index (χ1) is 15.8. The lowest BCUT2D eigenvalue weighted by Gasteiger charge is -2.12. The largest absolute Gasteiger partial charge is 0.573 e. The summed E-state index contributed by atoms with van der Waals surface area (Å²) in [6.45, 7) is 2.83. The zero-order valence-corrected chi connectivity index (χ0v) is 19.2. The van der Waals surface area contributed by atoms with Crippen molar-refractivity contribution in [1.82, 2.24) is 4.57 Å². The van der Waals surface area contributed by atoms with Gasteiger partial charge in [-0.15, -0.1) is 13.2 Å². The molecule has 0 fully saturated rings. The van der Waals surface area contributed by atoms with E-state index in [1.807, 2.05) is 0 Å². The van der Waals surface area contributed by atoms with Crippen molar-refractivity contribution in [3.05, 3.63) is 77.1 Å². The van der Waals surface area contributed by atoms with Crippen LogP contribution in [0.4, 0.5) is 13.2 Å². The number of carbonyl (C=O) groups excluding carboxylic acids is 2. The van der Waals surface area contributed by atoms with Gasteiger partial charge in [-0.25, -0.2) is 13.2 Å². The van der Waals surface area contributed by atoms with Crippen LogP contribution in [0.5, 0.6) is 5.75 Å². The molecule has 0 unspecified atom stereocenters. The van der Waals surface area contributed by atoms with E-state index in [1.165, 1.54) is 48.5 Å². The predicted molar refractivity (Wildman–Crippen MR) is 116 cm³/mol.